The molecule has 114 valence electrons. The Morgan fingerprint density at radius 1 is 1.24 bits per heavy atom. The van der Waals surface area contributed by atoms with Gasteiger partial charge in [0.2, 0.25) is 0 Å². The second-order valence-corrected chi connectivity index (χ2v) is 6.48. The molecule has 0 amide bonds. The van der Waals surface area contributed by atoms with Crippen LogP contribution >= 0.6 is 0 Å². The summed E-state index contributed by atoms with van der Waals surface area (Å²) in [6, 6.07) is 8.96. The van der Waals surface area contributed by atoms with Gasteiger partial charge in [-0.2, -0.15) is 5.10 Å². The molecule has 1 aromatic carbocycles. The number of fused-ring (bicyclic) bond motifs is 1. The zero-order valence-corrected chi connectivity index (χ0v) is 13.5. The number of nitrogens with zero attached hydrogens (tertiary/aromatic N) is 2. The van der Waals surface area contributed by atoms with Gasteiger partial charge in [0, 0.05) is 12.4 Å². The van der Waals surface area contributed by atoms with Gasteiger partial charge in [0.15, 0.2) is 0 Å². The SMILES string of the molecule is CCC1CCC(C(NC)c2nn(C)c3ccccc23)CC1. The first-order chi connectivity index (χ1) is 10.2. The monoisotopic (exact) mass is 285 g/mol. The molecule has 21 heavy (non-hydrogen) atoms. The summed E-state index contributed by atoms with van der Waals surface area (Å²) in [4.78, 5) is 0. The quantitative estimate of drug-likeness (QED) is 0.918. The fraction of sp³-hybridized carbons (Fsp3) is 0.611. The highest BCUT2D eigenvalue weighted by molar-refractivity contribution is 5.82. The van der Waals surface area contributed by atoms with Gasteiger partial charge in [-0.1, -0.05) is 44.4 Å². The van der Waals surface area contributed by atoms with E-state index in [1.54, 1.807) is 0 Å². The van der Waals surface area contributed by atoms with Crippen molar-refractivity contribution >= 4 is 10.9 Å². The van der Waals surface area contributed by atoms with Crippen molar-refractivity contribution in [1.29, 1.82) is 0 Å². The van der Waals surface area contributed by atoms with Crippen LogP contribution in [0.2, 0.25) is 0 Å². The smallest absolute Gasteiger partial charge is 0.0875 e. The van der Waals surface area contributed by atoms with E-state index in [0.717, 1.165) is 11.8 Å². The van der Waals surface area contributed by atoms with Crippen molar-refractivity contribution in [1.82, 2.24) is 15.1 Å². The average Bonchev–Trinajstić information content (AvgIpc) is 2.86. The molecule has 3 nitrogen and oxygen atoms in total. The Morgan fingerprint density at radius 2 is 1.95 bits per heavy atom. The number of benzene rings is 1. The summed E-state index contributed by atoms with van der Waals surface area (Å²) in [6.07, 6.45) is 6.75. The lowest BCUT2D eigenvalue weighted by Gasteiger charge is -2.32. The molecule has 0 radical (unpaired) electrons. The van der Waals surface area contributed by atoms with Gasteiger partial charge in [-0.05, 0) is 37.8 Å². The van der Waals surface area contributed by atoms with Crippen LogP contribution in [-0.2, 0) is 7.05 Å². The molecule has 0 aliphatic heterocycles. The van der Waals surface area contributed by atoms with Crippen LogP contribution in [0.3, 0.4) is 0 Å². The van der Waals surface area contributed by atoms with Crippen molar-refractivity contribution in [3.8, 4) is 0 Å². The molecule has 0 saturated heterocycles. The van der Waals surface area contributed by atoms with E-state index in [4.69, 9.17) is 5.10 Å². The molecular weight excluding hydrogens is 258 g/mol. The summed E-state index contributed by atoms with van der Waals surface area (Å²) in [5.41, 5.74) is 2.46. The maximum atomic E-state index is 4.83. The van der Waals surface area contributed by atoms with E-state index in [1.807, 2.05) is 11.7 Å². The van der Waals surface area contributed by atoms with Crippen molar-refractivity contribution < 1.29 is 0 Å². The molecule has 3 rings (SSSR count). The molecule has 1 aliphatic rings. The molecule has 1 heterocycles. The number of nitrogens with one attached hydrogen (secondary N) is 1. The highest BCUT2D eigenvalue weighted by Gasteiger charge is 2.29. The lowest BCUT2D eigenvalue weighted by atomic mass is 9.76. The van der Waals surface area contributed by atoms with Crippen LogP contribution in [0.5, 0.6) is 0 Å². The predicted molar refractivity (Wildman–Crippen MR) is 88.3 cm³/mol. The zero-order valence-electron chi connectivity index (χ0n) is 13.5. The van der Waals surface area contributed by atoms with E-state index in [9.17, 15) is 0 Å². The second kappa shape index (κ2) is 6.18. The normalized spacial score (nSPS) is 24.3. The van der Waals surface area contributed by atoms with E-state index >= 15 is 0 Å². The van der Waals surface area contributed by atoms with Gasteiger partial charge in [0.1, 0.15) is 0 Å². The van der Waals surface area contributed by atoms with Crippen LogP contribution in [0, 0.1) is 11.8 Å². The molecule has 1 fully saturated rings. The minimum absolute atomic E-state index is 0.383. The van der Waals surface area contributed by atoms with E-state index in [2.05, 4.69) is 43.6 Å². The second-order valence-electron chi connectivity index (χ2n) is 6.48. The fourth-order valence-corrected chi connectivity index (χ4v) is 4.00. The van der Waals surface area contributed by atoms with E-state index < -0.39 is 0 Å². The minimum Gasteiger partial charge on any atom is -0.311 e. The summed E-state index contributed by atoms with van der Waals surface area (Å²) < 4.78 is 2.02. The Bertz CT molecular complexity index is 594. The number of para-hydroxylation sites is 1. The Kier molecular flexibility index (Phi) is 4.29. The number of hydrogen-bond acceptors (Lipinski definition) is 2. The van der Waals surface area contributed by atoms with Crippen molar-refractivity contribution in [3.05, 3.63) is 30.0 Å². The highest BCUT2D eigenvalue weighted by atomic mass is 15.3. The van der Waals surface area contributed by atoms with E-state index in [0.29, 0.717) is 6.04 Å². The molecule has 1 aliphatic carbocycles. The molecule has 1 saturated carbocycles. The number of aromatic nitrogens is 2. The molecule has 1 unspecified atom stereocenters. The summed E-state index contributed by atoms with van der Waals surface area (Å²) in [5, 5.41) is 9.68. The third-order valence-corrected chi connectivity index (χ3v) is 5.33. The van der Waals surface area contributed by atoms with Crippen LogP contribution in [0.1, 0.15) is 50.8 Å². The summed E-state index contributed by atoms with van der Waals surface area (Å²) in [6.45, 7) is 2.33. The van der Waals surface area contributed by atoms with Crippen molar-refractivity contribution in [2.24, 2.45) is 18.9 Å². The highest BCUT2D eigenvalue weighted by Crippen LogP contribution is 2.39. The number of hydrogen-bond donors (Lipinski definition) is 1. The molecule has 0 spiro atoms. The molecule has 3 heteroatoms. The average molecular weight is 285 g/mol. The van der Waals surface area contributed by atoms with Gasteiger partial charge in [-0.3, -0.25) is 4.68 Å². The third-order valence-electron chi connectivity index (χ3n) is 5.33. The van der Waals surface area contributed by atoms with E-state index in [1.165, 1.54) is 48.7 Å². The Labute approximate surface area is 127 Å². The Balaban J connectivity index is 1.89. The maximum absolute atomic E-state index is 4.83. The molecule has 2 aromatic rings. The minimum atomic E-state index is 0.383. The first-order valence-corrected chi connectivity index (χ1v) is 8.33. The zero-order chi connectivity index (χ0) is 14.8. The predicted octanol–water partition coefficient (Wildman–Crippen LogP) is 4.05. The fourth-order valence-electron chi connectivity index (χ4n) is 4.00. The standard InChI is InChI=1S/C18H27N3/c1-4-13-9-11-14(12-10-13)17(19-2)18-15-7-5-6-8-16(15)21(3)20-18/h5-8,13-14,17,19H,4,9-12H2,1-3H3. The molecule has 0 bridgehead atoms. The molecular formula is C18H27N3. The van der Waals surface area contributed by atoms with Gasteiger partial charge in [-0.25, -0.2) is 0 Å². The van der Waals surface area contributed by atoms with Crippen LogP contribution in [0.15, 0.2) is 24.3 Å². The third kappa shape index (κ3) is 2.71. The van der Waals surface area contributed by atoms with E-state index in [-0.39, 0.29) is 0 Å². The largest absolute Gasteiger partial charge is 0.311 e. The molecule has 1 N–H and O–H groups in total. The summed E-state index contributed by atoms with van der Waals surface area (Å²) in [5.74, 6) is 1.66. The van der Waals surface area contributed by atoms with Gasteiger partial charge in [0.25, 0.3) is 0 Å². The van der Waals surface area contributed by atoms with Crippen molar-refractivity contribution in [2.45, 2.75) is 45.1 Å². The molecule has 1 atom stereocenters. The first kappa shape index (κ1) is 14.6. The van der Waals surface area contributed by atoms with Gasteiger partial charge in [0.05, 0.1) is 17.3 Å². The number of rotatable bonds is 4. The Hall–Kier alpha value is -1.35. The maximum Gasteiger partial charge on any atom is 0.0875 e. The van der Waals surface area contributed by atoms with Crippen LogP contribution in [-0.4, -0.2) is 16.8 Å². The van der Waals surface area contributed by atoms with Gasteiger partial charge < -0.3 is 5.32 Å². The first-order valence-electron chi connectivity index (χ1n) is 8.33. The van der Waals surface area contributed by atoms with Crippen molar-refractivity contribution in [3.63, 3.8) is 0 Å². The van der Waals surface area contributed by atoms with Crippen LogP contribution in [0.4, 0.5) is 0 Å². The molecule has 1 aromatic heterocycles. The van der Waals surface area contributed by atoms with Crippen LogP contribution < -0.4 is 5.32 Å². The topological polar surface area (TPSA) is 29.9 Å². The lowest BCUT2D eigenvalue weighted by Crippen LogP contribution is -2.29. The van der Waals surface area contributed by atoms with Crippen molar-refractivity contribution in [2.75, 3.05) is 7.05 Å². The Morgan fingerprint density at radius 3 is 2.62 bits per heavy atom. The summed E-state index contributed by atoms with van der Waals surface area (Å²) >= 11 is 0. The summed E-state index contributed by atoms with van der Waals surface area (Å²) in [7, 11) is 4.13. The van der Waals surface area contributed by atoms with Gasteiger partial charge in [-0.15, -0.1) is 0 Å². The van der Waals surface area contributed by atoms with Gasteiger partial charge >= 0.3 is 0 Å². The van der Waals surface area contributed by atoms with Crippen LogP contribution in [0.25, 0.3) is 10.9 Å². The number of aryl methyl sites for hydroxylation is 1. The lowest BCUT2D eigenvalue weighted by molar-refractivity contribution is 0.222.